The fourth-order valence-electron chi connectivity index (χ4n) is 4.05. The first-order valence-corrected chi connectivity index (χ1v) is 11.0. The molecular weight excluding hydrogens is 374 g/mol. The summed E-state index contributed by atoms with van der Waals surface area (Å²) in [4.78, 5) is 25.0. The van der Waals surface area contributed by atoms with Crippen LogP contribution in [0.3, 0.4) is 0 Å². The number of aliphatic hydroxyl groups is 1. The summed E-state index contributed by atoms with van der Waals surface area (Å²) in [6.07, 6.45) is 6.53. The van der Waals surface area contributed by atoms with Gasteiger partial charge in [0.15, 0.2) is 0 Å². The van der Waals surface area contributed by atoms with E-state index in [0.29, 0.717) is 37.5 Å². The number of nitrogens with zero attached hydrogens (tertiary/aromatic N) is 2. The largest absolute Gasteiger partial charge is 0.389 e. The summed E-state index contributed by atoms with van der Waals surface area (Å²) in [5.41, 5.74) is 1.20. The Balaban J connectivity index is 1.51. The van der Waals surface area contributed by atoms with Gasteiger partial charge in [-0.2, -0.15) is 0 Å². The standard InChI is InChI=1S/C21H29N3O3S/c1-3-8-27-12-15(25)10-24(14-5-6-14)11-18-22-20(26)19-16-7-4-13(2)9-17(16)28-21(19)23-18/h3,13-15,25H,1,4-12H2,2H3,(H,22,23,26)/t13-,15+/m1/s1. The molecule has 6 nitrogen and oxygen atoms in total. The number of thiophene rings is 1. The van der Waals surface area contributed by atoms with Gasteiger partial charge in [-0.25, -0.2) is 4.98 Å². The van der Waals surface area contributed by atoms with Crippen LogP contribution in [0.25, 0.3) is 10.2 Å². The SMILES string of the molecule is C=CCOC[C@@H](O)CN(Cc1nc2sc3c(c2c(=O)[nH]1)CC[C@@H](C)C3)C1CC1. The first kappa shape index (κ1) is 19.8. The van der Waals surface area contributed by atoms with Gasteiger partial charge >= 0.3 is 0 Å². The maximum absolute atomic E-state index is 12.8. The Bertz CT molecular complexity index is 902. The molecule has 2 aromatic heterocycles. The second-order valence-corrected chi connectivity index (χ2v) is 9.27. The lowest BCUT2D eigenvalue weighted by Crippen LogP contribution is -2.37. The van der Waals surface area contributed by atoms with Gasteiger partial charge in [0.05, 0.1) is 31.2 Å². The highest BCUT2D eigenvalue weighted by molar-refractivity contribution is 7.18. The Morgan fingerprint density at radius 1 is 1.46 bits per heavy atom. The second kappa shape index (κ2) is 8.45. The fourth-order valence-corrected chi connectivity index (χ4v) is 5.46. The number of ether oxygens (including phenoxy) is 1. The first-order valence-electron chi connectivity index (χ1n) is 10.2. The second-order valence-electron chi connectivity index (χ2n) is 8.19. The lowest BCUT2D eigenvalue weighted by molar-refractivity contribution is 0.0222. The van der Waals surface area contributed by atoms with E-state index in [1.807, 2.05) is 0 Å². The normalized spacial score (nSPS) is 20.5. The van der Waals surface area contributed by atoms with Crippen molar-refractivity contribution in [1.82, 2.24) is 14.9 Å². The van der Waals surface area contributed by atoms with Gasteiger partial charge in [0.2, 0.25) is 0 Å². The predicted molar refractivity (Wildman–Crippen MR) is 112 cm³/mol. The maximum atomic E-state index is 12.8. The van der Waals surface area contributed by atoms with Gasteiger partial charge < -0.3 is 14.8 Å². The maximum Gasteiger partial charge on any atom is 0.259 e. The minimum Gasteiger partial charge on any atom is -0.389 e. The van der Waals surface area contributed by atoms with Gasteiger partial charge in [-0.3, -0.25) is 9.69 Å². The van der Waals surface area contributed by atoms with Gasteiger partial charge in [0.1, 0.15) is 10.7 Å². The van der Waals surface area contributed by atoms with Crippen LogP contribution in [-0.2, 0) is 24.1 Å². The third-order valence-corrected chi connectivity index (χ3v) is 6.77. The monoisotopic (exact) mass is 403 g/mol. The lowest BCUT2D eigenvalue weighted by Gasteiger charge is -2.24. The Morgan fingerprint density at radius 3 is 3.04 bits per heavy atom. The first-order chi connectivity index (χ1) is 13.5. The molecular formula is C21H29N3O3S. The molecule has 28 heavy (non-hydrogen) atoms. The zero-order valence-corrected chi connectivity index (χ0v) is 17.3. The molecule has 2 N–H and O–H groups in total. The third kappa shape index (κ3) is 4.38. The molecule has 1 fully saturated rings. The molecule has 0 amide bonds. The van der Waals surface area contributed by atoms with E-state index in [1.165, 1.54) is 10.4 Å². The smallest absolute Gasteiger partial charge is 0.259 e. The molecule has 0 unspecified atom stereocenters. The van der Waals surface area contributed by atoms with E-state index in [-0.39, 0.29) is 12.2 Å². The Kier molecular flexibility index (Phi) is 5.96. The fraction of sp³-hybridized carbons (Fsp3) is 0.619. The molecule has 0 spiro atoms. The van der Waals surface area contributed by atoms with Crippen LogP contribution in [0, 0.1) is 5.92 Å². The topological polar surface area (TPSA) is 78.5 Å². The van der Waals surface area contributed by atoms with E-state index in [2.05, 4.69) is 23.4 Å². The van der Waals surface area contributed by atoms with Crippen molar-refractivity contribution in [1.29, 1.82) is 0 Å². The summed E-state index contributed by atoms with van der Waals surface area (Å²) in [6, 6.07) is 0.451. The van der Waals surface area contributed by atoms with Crippen LogP contribution in [0.2, 0.25) is 0 Å². The number of aryl methyl sites for hydroxylation is 1. The Hall–Kier alpha value is -1.54. The molecule has 0 saturated heterocycles. The minimum atomic E-state index is -0.563. The zero-order valence-electron chi connectivity index (χ0n) is 16.4. The summed E-state index contributed by atoms with van der Waals surface area (Å²) in [6.45, 7) is 7.68. The summed E-state index contributed by atoms with van der Waals surface area (Å²) < 4.78 is 5.36. The van der Waals surface area contributed by atoms with Crippen LogP contribution in [-0.4, -0.2) is 51.9 Å². The number of nitrogens with one attached hydrogen (secondary N) is 1. The lowest BCUT2D eigenvalue weighted by atomic mass is 9.89. The average Bonchev–Trinajstić information content (AvgIpc) is 3.42. The number of rotatable bonds is 9. The van der Waals surface area contributed by atoms with E-state index in [1.54, 1.807) is 17.4 Å². The number of aromatic amines is 1. The van der Waals surface area contributed by atoms with Crippen LogP contribution in [0.5, 0.6) is 0 Å². The van der Waals surface area contributed by atoms with Gasteiger partial charge in [0.25, 0.3) is 5.56 Å². The van der Waals surface area contributed by atoms with Crippen molar-refractivity contribution in [3.63, 3.8) is 0 Å². The van der Waals surface area contributed by atoms with E-state index >= 15 is 0 Å². The van der Waals surface area contributed by atoms with E-state index in [4.69, 9.17) is 9.72 Å². The molecule has 152 valence electrons. The molecule has 2 aliphatic carbocycles. The van der Waals surface area contributed by atoms with Crippen molar-refractivity contribution in [2.24, 2.45) is 5.92 Å². The molecule has 0 aliphatic heterocycles. The van der Waals surface area contributed by atoms with Crippen LogP contribution in [0.1, 0.15) is 42.5 Å². The number of fused-ring (bicyclic) bond motifs is 3. The number of H-pyrrole nitrogens is 1. The molecule has 1 saturated carbocycles. The van der Waals surface area contributed by atoms with Gasteiger partial charge in [-0.05, 0) is 43.6 Å². The van der Waals surface area contributed by atoms with E-state index in [9.17, 15) is 9.90 Å². The highest BCUT2D eigenvalue weighted by Gasteiger charge is 2.31. The zero-order chi connectivity index (χ0) is 19.7. The van der Waals surface area contributed by atoms with Crippen LogP contribution >= 0.6 is 11.3 Å². The third-order valence-electron chi connectivity index (χ3n) is 5.62. The Morgan fingerprint density at radius 2 is 2.29 bits per heavy atom. The molecule has 2 atom stereocenters. The van der Waals surface area contributed by atoms with Crippen molar-refractivity contribution >= 4 is 21.6 Å². The number of aliphatic hydroxyl groups excluding tert-OH is 1. The molecule has 2 aliphatic rings. The summed E-state index contributed by atoms with van der Waals surface area (Å²) in [7, 11) is 0. The molecule has 0 radical (unpaired) electrons. The van der Waals surface area contributed by atoms with Crippen molar-refractivity contribution in [3.05, 3.63) is 39.3 Å². The van der Waals surface area contributed by atoms with E-state index in [0.717, 1.165) is 42.3 Å². The van der Waals surface area contributed by atoms with Crippen LogP contribution in [0.4, 0.5) is 0 Å². The minimum absolute atomic E-state index is 0.0161. The average molecular weight is 404 g/mol. The summed E-state index contributed by atoms with van der Waals surface area (Å²) in [5.74, 6) is 1.37. The Labute approximate surface area is 169 Å². The number of hydrogen-bond acceptors (Lipinski definition) is 6. The molecule has 2 heterocycles. The molecule has 7 heteroatoms. The van der Waals surface area contributed by atoms with Crippen molar-refractivity contribution in [3.8, 4) is 0 Å². The summed E-state index contributed by atoms with van der Waals surface area (Å²) >= 11 is 1.68. The van der Waals surface area contributed by atoms with Crippen molar-refractivity contribution < 1.29 is 9.84 Å². The number of aromatic nitrogens is 2. The summed E-state index contributed by atoms with van der Waals surface area (Å²) in [5, 5.41) is 11.1. The quantitative estimate of drug-likeness (QED) is 0.497. The molecule has 4 rings (SSSR count). The predicted octanol–water partition coefficient (Wildman–Crippen LogP) is 2.64. The molecule has 0 aromatic carbocycles. The van der Waals surface area contributed by atoms with Crippen molar-refractivity contribution in [2.45, 2.75) is 57.7 Å². The van der Waals surface area contributed by atoms with E-state index < -0.39 is 6.10 Å². The highest BCUT2D eigenvalue weighted by atomic mass is 32.1. The van der Waals surface area contributed by atoms with Gasteiger partial charge in [-0.1, -0.05) is 13.0 Å². The van der Waals surface area contributed by atoms with Gasteiger partial charge in [0, 0.05) is 17.5 Å². The molecule has 2 aromatic rings. The number of hydrogen-bond donors (Lipinski definition) is 2. The van der Waals surface area contributed by atoms with Crippen LogP contribution < -0.4 is 5.56 Å². The highest BCUT2D eigenvalue weighted by Crippen LogP contribution is 2.36. The van der Waals surface area contributed by atoms with Crippen LogP contribution in [0.15, 0.2) is 17.4 Å². The molecule has 0 bridgehead atoms. The van der Waals surface area contributed by atoms with Gasteiger partial charge in [-0.15, -0.1) is 17.9 Å². The van der Waals surface area contributed by atoms with Crippen molar-refractivity contribution in [2.75, 3.05) is 19.8 Å².